The van der Waals surface area contributed by atoms with Crippen LogP contribution in [0.5, 0.6) is 0 Å². The van der Waals surface area contributed by atoms with Crippen LogP contribution in [0.3, 0.4) is 0 Å². The maximum Gasteiger partial charge on any atom is 0.392 e. The predicted molar refractivity (Wildman–Crippen MR) is 48.9 cm³/mol. The number of hydrogen-bond acceptors (Lipinski definition) is 4. The van der Waals surface area contributed by atoms with Gasteiger partial charge in [-0.15, -0.1) is 0 Å². The zero-order valence-corrected chi connectivity index (χ0v) is 7.23. The number of carbonyl (C=O) groups is 1. The van der Waals surface area contributed by atoms with Gasteiger partial charge in [0.25, 0.3) is 0 Å². The molecule has 0 saturated heterocycles. The summed E-state index contributed by atoms with van der Waals surface area (Å²) >= 11 is 0. The van der Waals surface area contributed by atoms with Crippen molar-refractivity contribution in [3.05, 3.63) is 29.7 Å². The first-order valence-corrected chi connectivity index (χ1v) is 4.04. The molecule has 3 N–H and O–H groups in total. The number of carboxylic acids is 1. The SMILES string of the molecule is NCc1cccc2nc(C(=O)O)oc12. The summed E-state index contributed by atoms with van der Waals surface area (Å²) in [5, 5.41) is 8.66. The van der Waals surface area contributed by atoms with Gasteiger partial charge in [-0.3, -0.25) is 0 Å². The quantitative estimate of drug-likeness (QED) is 0.740. The lowest BCUT2D eigenvalue weighted by Crippen LogP contribution is -1.96. The molecule has 0 aliphatic heterocycles. The Hall–Kier alpha value is -1.88. The molecule has 0 aliphatic carbocycles. The minimum Gasteiger partial charge on any atom is -0.474 e. The maximum absolute atomic E-state index is 10.6. The van der Waals surface area contributed by atoms with E-state index in [-0.39, 0.29) is 5.89 Å². The topological polar surface area (TPSA) is 89.3 Å². The van der Waals surface area contributed by atoms with Crippen LogP contribution in [0.15, 0.2) is 22.6 Å². The Kier molecular flexibility index (Phi) is 1.94. The van der Waals surface area contributed by atoms with E-state index < -0.39 is 5.97 Å². The molecule has 0 atom stereocenters. The molecule has 0 radical (unpaired) electrons. The van der Waals surface area contributed by atoms with Gasteiger partial charge in [0.1, 0.15) is 5.52 Å². The lowest BCUT2D eigenvalue weighted by molar-refractivity contribution is 0.0656. The maximum atomic E-state index is 10.6. The van der Waals surface area contributed by atoms with Crippen LogP contribution in [0.2, 0.25) is 0 Å². The highest BCUT2D eigenvalue weighted by Crippen LogP contribution is 2.19. The average molecular weight is 192 g/mol. The lowest BCUT2D eigenvalue weighted by Gasteiger charge is -1.94. The molecule has 72 valence electrons. The first kappa shape index (κ1) is 8.71. The third-order valence-electron chi connectivity index (χ3n) is 1.90. The number of nitrogens with two attached hydrogens (primary N) is 1. The molecule has 5 heteroatoms. The molecule has 1 aromatic carbocycles. The summed E-state index contributed by atoms with van der Waals surface area (Å²) in [5.41, 5.74) is 7.19. The molecule has 2 aromatic rings. The van der Waals surface area contributed by atoms with Crippen molar-refractivity contribution in [1.29, 1.82) is 0 Å². The van der Waals surface area contributed by atoms with Crippen LogP contribution in [0.25, 0.3) is 11.1 Å². The van der Waals surface area contributed by atoms with E-state index in [9.17, 15) is 4.79 Å². The fourth-order valence-corrected chi connectivity index (χ4v) is 1.26. The van der Waals surface area contributed by atoms with Crippen molar-refractivity contribution in [3.8, 4) is 0 Å². The van der Waals surface area contributed by atoms with Crippen molar-refractivity contribution in [2.75, 3.05) is 0 Å². The van der Waals surface area contributed by atoms with E-state index >= 15 is 0 Å². The highest BCUT2D eigenvalue weighted by molar-refractivity contribution is 5.87. The Morgan fingerprint density at radius 3 is 3.00 bits per heavy atom. The fraction of sp³-hybridized carbons (Fsp3) is 0.111. The van der Waals surface area contributed by atoms with Gasteiger partial charge in [-0.2, -0.15) is 0 Å². The van der Waals surface area contributed by atoms with E-state index in [4.69, 9.17) is 15.3 Å². The van der Waals surface area contributed by atoms with E-state index in [0.29, 0.717) is 17.6 Å². The monoisotopic (exact) mass is 192 g/mol. The second kappa shape index (κ2) is 3.12. The standard InChI is InChI=1S/C9H8N2O3/c10-4-5-2-1-3-6-7(5)14-8(11-6)9(12)13/h1-3H,4,10H2,(H,12,13). The molecule has 14 heavy (non-hydrogen) atoms. The van der Waals surface area contributed by atoms with Crippen LogP contribution >= 0.6 is 0 Å². The lowest BCUT2D eigenvalue weighted by atomic mass is 10.2. The average Bonchev–Trinajstić information content (AvgIpc) is 2.60. The second-order valence-corrected chi connectivity index (χ2v) is 2.79. The number of fused-ring (bicyclic) bond motifs is 1. The highest BCUT2D eigenvalue weighted by atomic mass is 16.4. The van der Waals surface area contributed by atoms with Crippen molar-refractivity contribution in [3.63, 3.8) is 0 Å². The van der Waals surface area contributed by atoms with Gasteiger partial charge in [0, 0.05) is 12.1 Å². The summed E-state index contributed by atoms with van der Waals surface area (Å²) in [6.45, 7) is 0.297. The van der Waals surface area contributed by atoms with E-state index in [0.717, 1.165) is 5.56 Å². The number of para-hydroxylation sites is 1. The molecule has 5 nitrogen and oxygen atoms in total. The van der Waals surface area contributed by atoms with Gasteiger partial charge < -0.3 is 15.3 Å². The summed E-state index contributed by atoms with van der Waals surface area (Å²) in [4.78, 5) is 14.4. The fourth-order valence-electron chi connectivity index (χ4n) is 1.26. The van der Waals surface area contributed by atoms with Gasteiger partial charge in [-0.05, 0) is 6.07 Å². The minimum absolute atomic E-state index is 0.297. The molecule has 0 saturated carbocycles. The van der Waals surface area contributed by atoms with Gasteiger partial charge in [0.05, 0.1) is 0 Å². The molecule has 2 rings (SSSR count). The number of aromatic carboxylic acids is 1. The van der Waals surface area contributed by atoms with Crippen LogP contribution in [0.4, 0.5) is 0 Å². The number of carboxylic acid groups (broad SMARTS) is 1. The number of aromatic nitrogens is 1. The zero-order chi connectivity index (χ0) is 10.1. The van der Waals surface area contributed by atoms with Gasteiger partial charge in [-0.25, -0.2) is 9.78 Å². The Morgan fingerprint density at radius 1 is 1.57 bits per heavy atom. The smallest absolute Gasteiger partial charge is 0.392 e. The van der Waals surface area contributed by atoms with Crippen LogP contribution in [0.1, 0.15) is 16.2 Å². The number of hydrogen-bond donors (Lipinski definition) is 2. The van der Waals surface area contributed by atoms with E-state index in [1.54, 1.807) is 18.2 Å². The van der Waals surface area contributed by atoms with Crippen molar-refractivity contribution in [2.45, 2.75) is 6.54 Å². The largest absolute Gasteiger partial charge is 0.474 e. The molecule has 0 aliphatic rings. The van der Waals surface area contributed by atoms with E-state index in [2.05, 4.69) is 4.98 Å². The zero-order valence-electron chi connectivity index (χ0n) is 7.23. The molecule has 0 unspecified atom stereocenters. The minimum atomic E-state index is -1.18. The molecular formula is C9H8N2O3. The van der Waals surface area contributed by atoms with Crippen molar-refractivity contribution in [2.24, 2.45) is 5.73 Å². The Bertz CT molecular complexity index is 490. The molecule has 0 amide bonds. The van der Waals surface area contributed by atoms with Crippen molar-refractivity contribution >= 4 is 17.1 Å². The predicted octanol–water partition coefficient (Wildman–Crippen LogP) is 0.985. The molecule has 1 heterocycles. The normalized spacial score (nSPS) is 10.6. The third-order valence-corrected chi connectivity index (χ3v) is 1.90. The molecule has 1 aromatic heterocycles. The first-order chi connectivity index (χ1) is 6.72. The van der Waals surface area contributed by atoms with Gasteiger partial charge in [-0.1, -0.05) is 12.1 Å². The van der Waals surface area contributed by atoms with Crippen molar-refractivity contribution in [1.82, 2.24) is 4.98 Å². The molecule has 0 fully saturated rings. The number of rotatable bonds is 2. The summed E-state index contributed by atoms with van der Waals surface area (Å²) in [6, 6.07) is 5.22. The van der Waals surface area contributed by atoms with Crippen LogP contribution in [-0.2, 0) is 6.54 Å². The second-order valence-electron chi connectivity index (χ2n) is 2.79. The van der Waals surface area contributed by atoms with Crippen molar-refractivity contribution < 1.29 is 14.3 Å². The first-order valence-electron chi connectivity index (χ1n) is 4.04. The van der Waals surface area contributed by atoms with Gasteiger partial charge >= 0.3 is 11.9 Å². The summed E-state index contributed by atoms with van der Waals surface area (Å²) in [6.07, 6.45) is 0. The summed E-state index contributed by atoms with van der Waals surface area (Å²) in [5.74, 6) is -1.48. The third kappa shape index (κ3) is 1.23. The molecular weight excluding hydrogens is 184 g/mol. The van der Waals surface area contributed by atoms with Crippen LogP contribution < -0.4 is 5.73 Å². The summed E-state index contributed by atoms with van der Waals surface area (Å²) < 4.78 is 5.06. The highest BCUT2D eigenvalue weighted by Gasteiger charge is 2.13. The number of benzene rings is 1. The molecule has 0 bridgehead atoms. The Balaban J connectivity index is 2.70. The van der Waals surface area contributed by atoms with E-state index in [1.165, 1.54) is 0 Å². The Labute approximate surface area is 79.2 Å². The number of oxazole rings is 1. The number of nitrogens with zero attached hydrogens (tertiary/aromatic N) is 1. The molecule has 0 spiro atoms. The van der Waals surface area contributed by atoms with E-state index in [1.807, 2.05) is 0 Å². The summed E-state index contributed by atoms with van der Waals surface area (Å²) in [7, 11) is 0. The van der Waals surface area contributed by atoms with Gasteiger partial charge in [0.2, 0.25) is 0 Å². The van der Waals surface area contributed by atoms with Crippen LogP contribution in [-0.4, -0.2) is 16.1 Å². The Morgan fingerprint density at radius 2 is 2.36 bits per heavy atom. The van der Waals surface area contributed by atoms with Crippen LogP contribution in [0, 0.1) is 0 Å². The van der Waals surface area contributed by atoms with Gasteiger partial charge in [0.15, 0.2) is 5.58 Å².